The quantitative estimate of drug-likeness (QED) is 0.889. The van der Waals surface area contributed by atoms with Crippen LogP contribution in [-0.2, 0) is 6.42 Å². The molecular formula is C16H23N3O. The molecule has 2 rings (SSSR count). The Morgan fingerprint density at radius 2 is 2.05 bits per heavy atom. The maximum Gasteiger partial charge on any atom is 0.122 e. The van der Waals surface area contributed by atoms with E-state index in [0.717, 1.165) is 44.6 Å². The maximum absolute atomic E-state index is 9.47. The Morgan fingerprint density at radius 3 is 2.70 bits per heavy atom. The van der Waals surface area contributed by atoms with Gasteiger partial charge in [0.2, 0.25) is 0 Å². The van der Waals surface area contributed by atoms with Crippen molar-refractivity contribution in [1.29, 1.82) is 5.26 Å². The van der Waals surface area contributed by atoms with Crippen LogP contribution in [0.4, 0.5) is 0 Å². The van der Waals surface area contributed by atoms with Crippen LogP contribution in [0.2, 0.25) is 0 Å². The molecule has 0 radical (unpaired) electrons. The summed E-state index contributed by atoms with van der Waals surface area (Å²) in [5.41, 5.74) is 0.831. The maximum atomic E-state index is 9.47. The lowest BCUT2D eigenvalue weighted by atomic mass is 9.89. The molecule has 0 unspecified atom stereocenters. The third-order valence-electron chi connectivity index (χ3n) is 4.10. The van der Waals surface area contributed by atoms with E-state index in [1.54, 1.807) is 7.11 Å². The molecule has 1 N–H and O–H groups in total. The fourth-order valence-corrected chi connectivity index (χ4v) is 2.67. The first-order valence-corrected chi connectivity index (χ1v) is 7.16. The summed E-state index contributed by atoms with van der Waals surface area (Å²) < 4.78 is 5.35. The molecule has 1 heterocycles. The summed E-state index contributed by atoms with van der Waals surface area (Å²) in [6, 6.07) is 10.5. The molecule has 1 aliphatic heterocycles. The molecule has 0 amide bonds. The van der Waals surface area contributed by atoms with Gasteiger partial charge in [0.15, 0.2) is 0 Å². The number of likely N-dealkylation sites (tertiary alicyclic amines) is 1. The fourth-order valence-electron chi connectivity index (χ4n) is 2.67. The van der Waals surface area contributed by atoms with E-state index < -0.39 is 0 Å². The van der Waals surface area contributed by atoms with Gasteiger partial charge in [-0.2, -0.15) is 5.26 Å². The van der Waals surface area contributed by atoms with Gasteiger partial charge in [0.05, 0.1) is 13.2 Å². The lowest BCUT2D eigenvalue weighted by Gasteiger charge is -2.36. The van der Waals surface area contributed by atoms with Crippen molar-refractivity contribution in [3.63, 3.8) is 0 Å². The van der Waals surface area contributed by atoms with Crippen LogP contribution in [-0.4, -0.2) is 44.2 Å². The van der Waals surface area contributed by atoms with E-state index >= 15 is 0 Å². The Labute approximate surface area is 121 Å². The SMILES string of the molecule is COc1ccccc1CCNC1(C#N)CCN(C)CC1. The Bertz CT molecular complexity index is 473. The summed E-state index contributed by atoms with van der Waals surface area (Å²) in [6.45, 7) is 2.77. The molecule has 1 fully saturated rings. The molecule has 20 heavy (non-hydrogen) atoms. The molecule has 0 atom stereocenters. The first-order valence-electron chi connectivity index (χ1n) is 7.16. The number of ether oxygens (including phenoxy) is 1. The summed E-state index contributed by atoms with van der Waals surface area (Å²) in [7, 11) is 3.80. The Balaban J connectivity index is 1.90. The van der Waals surface area contributed by atoms with E-state index in [4.69, 9.17) is 4.74 Å². The van der Waals surface area contributed by atoms with E-state index in [2.05, 4.69) is 29.4 Å². The van der Waals surface area contributed by atoms with Crippen LogP contribution >= 0.6 is 0 Å². The molecule has 0 aliphatic carbocycles. The first kappa shape index (κ1) is 14.8. The molecular weight excluding hydrogens is 250 g/mol. The van der Waals surface area contributed by atoms with Crippen LogP contribution in [0, 0.1) is 11.3 Å². The van der Waals surface area contributed by atoms with Crippen molar-refractivity contribution in [3.05, 3.63) is 29.8 Å². The highest BCUT2D eigenvalue weighted by molar-refractivity contribution is 5.33. The molecule has 0 bridgehead atoms. The van der Waals surface area contributed by atoms with Crippen LogP contribution in [0.15, 0.2) is 24.3 Å². The van der Waals surface area contributed by atoms with E-state index in [1.807, 2.05) is 18.2 Å². The Kier molecular flexibility index (Phi) is 4.99. The zero-order valence-corrected chi connectivity index (χ0v) is 12.4. The van der Waals surface area contributed by atoms with Gasteiger partial charge in [-0.3, -0.25) is 5.32 Å². The minimum atomic E-state index is -0.353. The predicted molar refractivity (Wildman–Crippen MR) is 79.8 cm³/mol. The van der Waals surface area contributed by atoms with Gasteiger partial charge in [0.25, 0.3) is 0 Å². The summed E-state index contributed by atoms with van der Waals surface area (Å²) in [4.78, 5) is 2.28. The largest absolute Gasteiger partial charge is 0.496 e. The molecule has 0 aromatic heterocycles. The standard InChI is InChI=1S/C16H23N3O/c1-19-11-8-16(13-17,9-12-19)18-10-7-14-5-3-4-6-15(14)20-2/h3-6,18H,7-12H2,1-2H3. The second kappa shape index (κ2) is 6.74. The highest BCUT2D eigenvalue weighted by Gasteiger charge is 2.32. The summed E-state index contributed by atoms with van der Waals surface area (Å²) in [5, 5.41) is 12.9. The molecule has 1 saturated heterocycles. The van der Waals surface area contributed by atoms with Crippen LogP contribution in [0.5, 0.6) is 5.75 Å². The van der Waals surface area contributed by atoms with Gasteiger partial charge in [0, 0.05) is 19.6 Å². The molecule has 108 valence electrons. The molecule has 0 spiro atoms. The zero-order valence-electron chi connectivity index (χ0n) is 12.4. The van der Waals surface area contributed by atoms with E-state index in [1.165, 1.54) is 5.56 Å². The van der Waals surface area contributed by atoms with Crippen LogP contribution in [0.3, 0.4) is 0 Å². The van der Waals surface area contributed by atoms with Crippen molar-refractivity contribution in [2.24, 2.45) is 0 Å². The van der Waals surface area contributed by atoms with Crippen LogP contribution in [0.25, 0.3) is 0 Å². The number of benzene rings is 1. The number of nitrogens with zero attached hydrogens (tertiary/aromatic N) is 2. The molecule has 1 aliphatic rings. The van der Waals surface area contributed by atoms with Crippen LogP contribution in [0.1, 0.15) is 18.4 Å². The van der Waals surface area contributed by atoms with Crippen molar-refractivity contribution in [3.8, 4) is 11.8 Å². The third kappa shape index (κ3) is 3.50. The Hall–Kier alpha value is -1.57. The second-order valence-corrected chi connectivity index (χ2v) is 5.49. The fraction of sp³-hybridized carbons (Fsp3) is 0.562. The minimum absolute atomic E-state index is 0.353. The van der Waals surface area contributed by atoms with Crippen molar-refractivity contribution in [1.82, 2.24) is 10.2 Å². The number of nitrogens with one attached hydrogen (secondary N) is 1. The van der Waals surface area contributed by atoms with Crippen molar-refractivity contribution in [2.45, 2.75) is 24.8 Å². The number of rotatable bonds is 5. The molecule has 0 saturated carbocycles. The molecule has 1 aromatic carbocycles. The van der Waals surface area contributed by atoms with Gasteiger partial charge in [-0.1, -0.05) is 18.2 Å². The van der Waals surface area contributed by atoms with Crippen LogP contribution < -0.4 is 10.1 Å². The summed E-state index contributed by atoms with van der Waals surface area (Å²) in [5.74, 6) is 0.920. The monoisotopic (exact) mass is 273 g/mol. The van der Waals surface area contributed by atoms with E-state index in [9.17, 15) is 5.26 Å². The smallest absolute Gasteiger partial charge is 0.122 e. The Morgan fingerprint density at radius 1 is 1.35 bits per heavy atom. The predicted octanol–water partition coefficient (Wildman–Crippen LogP) is 1.82. The van der Waals surface area contributed by atoms with Gasteiger partial charge in [0.1, 0.15) is 11.3 Å². The average Bonchev–Trinajstić information content (AvgIpc) is 2.50. The summed E-state index contributed by atoms with van der Waals surface area (Å²) >= 11 is 0. The first-order chi connectivity index (χ1) is 9.69. The highest BCUT2D eigenvalue weighted by atomic mass is 16.5. The number of para-hydroxylation sites is 1. The average molecular weight is 273 g/mol. The lowest BCUT2D eigenvalue weighted by Crippen LogP contribution is -2.52. The summed E-state index contributed by atoms with van der Waals surface area (Å²) in [6.07, 6.45) is 2.67. The van der Waals surface area contributed by atoms with Gasteiger partial charge in [-0.25, -0.2) is 0 Å². The number of piperidine rings is 1. The van der Waals surface area contributed by atoms with E-state index in [0.29, 0.717) is 0 Å². The van der Waals surface area contributed by atoms with Gasteiger partial charge in [-0.15, -0.1) is 0 Å². The van der Waals surface area contributed by atoms with Crippen molar-refractivity contribution < 1.29 is 4.74 Å². The normalized spacial score (nSPS) is 18.4. The highest BCUT2D eigenvalue weighted by Crippen LogP contribution is 2.22. The topological polar surface area (TPSA) is 48.3 Å². The number of methoxy groups -OCH3 is 1. The number of hydrogen-bond donors (Lipinski definition) is 1. The van der Waals surface area contributed by atoms with Gasteiger partial charge in [-0.05, 0) is 37.9 Å². The number of nitriles is 1. The number of hydrogen-bond acceptors (Lipinski definition) is 4. The molecule has 4 nitrogen and oxygen atoms in total. The molecule has 4 heteroatoms. The van der Waals surface area contributed by atoms with Gasteiger partial charge < -0.3 is 9.64 Å². The third-order valence-corrected chi connectivity index (χ3v) is 4.10. The lowest BCUT2D eigenvalue weighted by molar-refractivity contribution is 0.196. The molecule has 1 aromatic rings. The minimum Gasteiger partial charge on any atom is -0.496 e. The van der Waals surface area contributed by atoms with E-state index in [-0.39, 0.29) is 5.54 Å². The zero-order chi connectivity index (χ0) is 14.4. The second-order valence-electron chi connectivity index (χ2n) is 5.49. The van der Waals surface area contributed by atoms with Gasteiger partial charge >= 0.3 is 0 Å². The van der Waals surface area contributed by atoms with Crippen molar-refractivity contribution >= 4 is 0 Å². The van der Waals surface area contributed by atoms with Crippen molar-refractivity contribution in [2.75, 3.05) is 33.8 Å².